The molecule has 1 aromatic rings. The molecule has 1 rings (SSSR count). The predicted octanol–water partition coefficient (Wildman–Crippen LogP) is 0.354. The minimum atomic E-state index is -4.18. The molecule has 0 fully saturated rings. The summed E-state index contributed by atoms with van der Waals surface area (Å²) in [6.45, 7) is 2.65. The van der Waals surface area contributed by atoms with Crippen molar-refractivity contribution in [3.05, 3.63) is 17.1 Å². The molecule has 0 spiro atoms. The molecule has 0 bridgehead atoms. The summed E-state index contributed by atoms with van der Waals surface area (Å²) in [4.78, 5) is 10.4. The Kier molecular flexibility index (Phi) is 2.91. The molecule has 0 saturated heterocycles. The predicted molar refractivity (Wildman–Crippen MR) is 51.1 cm³/mol. The lowest BCUT2D eigenvalue weighted by Crippen LogP contribution is -2.21. The number of aromatic carboxylic acids is 1. The monoisotopic (exact) mass is 244 g/mol. The lowest BCUT2D eigenvalue weighted by molar-refractivity contribution is 0.0691. The quantitative estimate of drug-likeness (QED) is 0.584. The van der Waals surface area contributed by atoms with Crippen LogP contribution in [0.3, 0.4) is 0 Å². The third-order valence-electron chi connectivity index (χ3n) is 1.87. The Hall–Kier alpha value is -2.01. The molecule has 8 heteroatoms. The largest absolute Gasteiger partial charge is 0.478 e. The standard InChI is InChI=1S/C8H8N2O5S/c1-4-6(8(11)12)7(5(2)15-4)16(13,14)10-3-9/h10H,1-2H3,(H,11,12). The van der Waals surface area contributed by atoms with E-state index in [9.17, 15) is 13.2 Å². The minimum Gasteiger partial charge on any atom is -0.478 e. The van der Waals surface area contributed by atoms with Crippen LogP contribution in [0.4, 0.5) is 0 Å². The van der Waals surface area contributed by atoms with Gasteiger partial charge in [-0.1, -0.05) is 0 Å². The molecule has 7 nitrogen and oxygen atoms in total. The van der Waals surface area contributed by atoms with Gasteiger partial charge >= 0.3 is 5.97 Å². The fourth-order valence-electron chi connectivity index (χ4n) is 1.35. The number of furan rings is 1. The molecular formula is C8H8N2O5S. The third-order valence-corrected chi connectivity index (χ3v) is 3.26. The van der Waals surface area contributed by atoms with Crippen molar-refractivity contribution in [1.29, 1.82) is 5.26 Å². The topological polar surface area (TPSA) is 120 Å². The molecular weight excluding hydrogens is 236 g/mol. The zero-order chi connectivity index (χ0) is 12.5. The SMILES string of the molecule is Cc1oc(C)c(S(=O)(=O)NC#N)c1C(=O)O. The van der Waals surface area contributed by atoms with Crippen molar-refractivity contribution in [2.24, 2.45) is 0 Å². The minimum absolute atomic E-state index is 0.0247. The third kappa shape index (κ3) is 1.85. The first-order valence-corrected chi connectivity index (χ1v) is 5.53. The highest BCUT2D eigenvalue weighted by atomic mass is 32.2. The molecule has 0 radical (unpaired) electrons. The van der Waals surface area contributed by atoms with Crippen molar-refractivity contribution in [1.82, 2.24) is 4.72 Å². The normalized spacial score (nSPS) is 10.8. The van der Waals surface area contributed by atoms with Crippen LogP contribution in [-0.4, -0.2) is 19.5 Å². The second kappa shape index (κ2) is 3.86. The van der Waals surface area contributed by atoms with Crippen molar-refractivity contribution in [2.45, 2.75) is 18.7 Å². The lowest BCUT2D eigenvalue weighted by Gasteiger charge is -2.00. The van der Waals surface area contributed by atoms with Gasteiger partial charge in [0, 0.05) is 0 Å². The van der Waals surface area contributed by atoms with E-state index >= 15 is 0 Å². The van der Waals surface area contributed by atoms with Crippen molar-refractivity contribution in [3.8, 4) is 6.19 Å². The van der Waals surface area contributed by atoms with Gasteiger partial charge in [0.25, 0.3) is 10.0 Å². The first kappa shape index (κ1) is 12.1. The molecule has 0 unspecified atom stereocenters. The van der Waals surface area contributed by atoms with E-state index in [0.29, 0.717) is 0 Å². The van der Waals surface area contributed by atoms with Crippen LogP contribution in [0.15, 0.2) is 9.31 Å². The summed E-state index contributed by atoms with van der Waals surface area (Å²) >= 11 is 0. The maximum atomic E-state index is 11.5. The molecule has 86 valence electrons. The van der Waals surface area contributed by atoms with Crippen molar-refractivity contribution < 1.29 is 22.7 Å². The Balaban J connectivity index is 3.58. The van der Waals surface area contributed by atoms with Crippen LogP contribution in [0.5, 0.6) is 0 Å². The summed E-state index contributed by atoms with van der Waals surface area (Å²) in [5.74, 6) is -1.52. The van der Waals surface area contributed by atoms with Gasteiger partial charge in [-0.3, -0.25) is 0 Å². The number of hydrogen-bond donors (Lipinski definition) is 2. The van der Waals surface area contributed by atoms with E-state index in [1.807, 2.05) is 0 Å². The van der Waals surface area contributed by atoms with Gasteiger partial charge in [0.2, 0.25) is 0 Å². The second-order valence-corrected chi connectivity index (χ2v) is 4.56. The van der Waals surface area contributed by atoms with Crippen LogP contribution < -0.4 is 4.72 Å². The number of hydrogen-bond acceptors (Lipinski definition) is 5. The summed E-state index contributed by atoms with van der Waals surface area (Å²) in [7, 11) is -4.18. The van der Waals surface area contributed by atoms with Gasteiger partial charge in [-0.25, -0.2) is 17.9 Å². The molecule has 0 saturated carbocycles. The van der Waals surface area contributed by atoms with Gasteiger partial charge in [0.1, 0.15) is 22.0 Å². The fraction of sp³-hybridized carbons (Fsp3) is 0.250. The zero-order valence-corrected chi connectivity index (χ0v) is 9.25. The van der Waals surface area contributed by atoms with Crippen LogP contribution in [0, 0.1) is 25.3 Å². The van der Waals surface area contributed by atoms with E-state index in [-0.39, 0.29) is 11.5 Å². The highest BCUT2D eigenvalue weighted by Gasteiger charge is 2.30. The number of sulfonamides is 1. The Morgan fingerprint density at radius 2 is 2.00 bits per heavy atom. The van der Waals surface area contributed by atoms with E-state index in [4.69, 9.17) is 14.8 Å². The summed E-state index contributed by atoms with van der Waals surface area (Å²) < 4.78 is 29.5. The van der Waals surface area contributed by atoms with Gasteiger partial charge in [-0.2, -0.15) is 5.26 Å². The van der Waals surface area contributed by atoms with E-state index in [1.54, 1.807) is 4.72 Å². The average Bonchev–Trinajstić information content (AvgIpc) is 2.41. The Bertz CT molecular complexity index is 578. The first-order valence-electron chi connectivity index (χ1n) is 4.05. The number of aryl methyl sites for hydroxylation is 2. The summed E-state index contributed by atoms with van der Waals surface area (Å²) in [5, 5.41) is 17.1. The van der Waals surface area contributed by atoms with Crippen LogP contribution in [0.25, 0.3) is 0 Å². The number of carboxylic acid groups (broad SMARTS) is 1. The number of carbonyl (C=O) groups is 1. The summed E-state index contributed by atoms with van der Waals surface area (Å²) in [6, 6.07) is 0. The number of carboxylic acids is 1. The molecule has 2 N–H and O–H groups in total. The number of nitrogens with one attached hydrogen (secondary N) is 1. The molecule has 1 aromatic heterocycles. The van der Waals surface area contributed by atoms with Crippen molar-refractivity contribution >= 4 is 16.0 Å². The molecule has 0 aliphatic heterocycles. The van der Waals surface area contributed by atoms with Gasteiger partial charge in [0.05, 0.1) is 0 Å². The average molecular weight is 244 g/mol. The number of rotatable bonds is 3. The highest BCUT2D eigenvalue weighted by molar-refractivity contribution is 7.89. The smallest absolute Gasteiger partial charge is 0.340 e. The molecule has 0 aromatic carbocycles. The van der Waals surface area contributed by atoms with E-state index in [2.05, 4.69) is 0 Å². The highest BCUT2D eigenvalue weighted by Crippen LogP contribution is 2.26. The van der Waals surface area contributed by atoms with Gasteiger partial charge < -0.3 is 9.52 Å². The number of nitriles is 1. The Morgan fingerprint density at radius 3 is 2.44 bits per heavy atom. The van der Waals surface area contributed by atoms with Crippen molar-refractivity contribution in [3.63, 3.8) is 0 Å². The molecule has 0 amide bonds. The van der Waals surface area contributed by atoms with Crippen molar-refractivity contribution in [2.75, 3.05) is 0 Å². The van der Waals surface area contributed by atoms with Gasteiger partial charge in [-0.05, 0) is 13.8 Å². The second-order valence-electron chi connectivity index (χ2n) is 2.94. The van der Waals surface area contributed by atoms with E-state index < -0.39 is 26.5 Å². The Labute approximate surface area is 91.3 Å². The Morgan fingerprint density at radius 1 is 1.44 bits per heavy atom. The van der Waals surface area contributed by atoms with E-state index in [0.717, 1.165) is 0 Å². The molecule has 1 heterocycles. The lowest BCUT2D eigenvalue weighted by atomic mass is 10.2. The molecule has 0 atom stereocenters. The van der Waals surface area contributed by atoms with Gasteiger partial charge in [-0.15, -0.1) is 0 Å². The zero-order valence-electron chi connectivity index (χ0n) is 8.44. The first-order chi connectivity index (χ1) is 7.31. The maximum absolute atomic E-state index is 11.5. The molecule has 0 aliphatic rings. The van der Waals surface area contributed by atoms with Crippen LogP contribution in [0.1, 0.15) is 21.9 Å². The molecule has 16 heavy (non-hydrogen) atoms. The fourth-order valence-corrected chi connectivity index (χ4v) is 2.49. The molecule has 0 aliphatic carbocycles. The van der Waals surface area contributed by atoms with Gasteiger partial charge in [0.15, 0.2) is 6.19 Å². The van der Waals surface area contributed by atoms with Crippen LogP contribution in [-0.2, 0) is 10.0 Å². The van der Waals surface area contributed by atoms with Crippen LogP contribution >= 0.6 is 0 Å². The summed E-state index contributed by atoms with van der Waals surface area (Å²) in [6.07, 6.45) is 1.24. The summed E-state index contributed by atoms with van der Waals surface area (Å²) in [5.41, 5.74) is -0.458. The van der Waals surface area contributed by atoms with E-state index in [1.165, 1.54) is 20.0 Å². The number of nitrogens with zero attached hydrogens (tertiary/aromatic N) is 1. The van der Waals surface area contributed by atoms with Crippen LogP contribution in [0.2, 0.25) is 0 Å². The maximum Gasteiger partial charge on any atom is 0.340 e.